The first-order valence-electron chi connectivity index (χ1n) is 6.55. The summed E-state index contributed by atoms with van der Waals surface area (Å²) in [4.78, 5) is -0.101. The largest absolute Gasteiger partial charge is 0.381 e. The molecule has 0 radical (unpaired) electrons. The Labute approximate surface area is 117 Å². The van der Waals surface area contributed by atoms with E-state index < -0.39 is 10.1 Å². The maximum absolute atomic E-state index is 11.1. The zero-order valence-corrected chi connectivity index (χ0v) is 11.7. The van der Waals surface area contributed by atoms with Crippen LogP contribution in [0, 0.1) is 5.92 Å². The minimum Gasteiger partial charge on any atom is -0.381 e. The number of benzene rings is 1. The first-order chi connectivity index (χ1) is 9.54. The number of hydrogen-bond acceptors (Lipinski definition) is 4. The van der Waals surface area contributed by atoms with Crippen LogP contribution in [0.3, 0.4) is 0 Å². The smallest absolute Gasteiger partial charge is 0.294 e. The Balaban J connectivity index is 1.89. The second-order valence-corrected chi connectivity index (χ2v) is 6.50. The van der Waals surface area contributed by atoms with Crippen LogP contribution in [0.15, 0.2) is 29.3 Å². The molecule has 3 rings (SSSR count). The van der Waals surface area contributed by atoms with Crippen molar-refractivity contribution in [1.29, 1.82) is 0 Å². The first-order valence-corrected chi connectivity index (χ1v) is 7.99. The molecule has 1 aliphatic heterocycles. The average molecular weight is 296 g/mol. The molecule has 20 heavy (non-hydrogen) atoms. The highest BCUT2D eigenvalue weighted by Crippen LogP contribution is 2.22. The molecule has 1 aromatic carbocycles. The highest BCUT2D eigenvalue weighted by molar-refractivity contribution is 7.85. The van der Waals surface area contributed by atoms with Gasteiger partial charge >= 0.3 is 0 Å². The zero-order chi connectivity index (χ0) is 14.2. The molecule has 7 heteroatoms. The molecule has 1 N–H and O–H groups in total. The van der Waals surface area contributed by atoms with E-state index in [4.69, 9.17) is 9.29 Å². The van der Waals surface area contributed by atoms with E-state index in [0.29, 0.717) is 11.3 Å². The van der Waals surface area contributed by atoms with Gasteiger partial charge in [0.15, 0.2) is 0 Å². The molecule has 0 unspecified atom stereocenters. The summed E-state index contributed by atoms with van der Waals surface area (Å²) in [5, 5.41) is 5.03. The first kappa shape index (κ1) is 13.5. The lowest BCUT2D eigenvalue weighted by Crippen LogP contribution is -2.20. The van der Waals surface area contributed by atoms with E-state index in [0.717, 1.165) is 38.1 Å². The average Bonchev–Trinajstić information content (AvgIpc) is 2.81. The molecule has 0 bridgehead atoms. The summed E-state index contributed by atoms with van der Waals surface area (Å²) in [7, 11) is -4.17. The van der Waals surface area contributed by atoms with Crippen LogP contribution in [0.25, 0.3) is 10.9 Å². The van der Waals surface area contributed by atoms with Crippen molar-refractivity contribution in [1.82, 2.24) is 9.78 Å². The van der Waals surface area contributed by atoms with Crippen LogP contribution in [-0.4, -0.2) is 36.0 Å². The van der Waals surface area contributed by atoms with Crippen molar-refractivity contribution in [3.05, 3.63) is 24.4 Å². The highest BCUT2D eigenvalue weighted by Gasteiger charge is 2.17. The summed E-state index contributed by atoms with van der Waals surface area (Å²) in [5.74, 6) is 0.535. The Hall–Kier alpha value is -1.44. The number of aromatic nitrogens is 2. The Morgan fingerprint density at radius 3 is 2.80 bits per heavy atom. The molecule has 6 nitrogen and oxygen atoms in total. The molecular formula is C13H16N2O4S. The zero-order valence-electron chi connectivity index (χ0n) is 10.9. The third kappa shape index (κ3) is 2.70. The minimum absolute atomic E-state index is 0.101. The van der Waals surface area contributed by atoms with Gasteiger partial charge < -0.3 is 4.74 Å². The van der Waals surface area contributed by atoms with E-state index in [1.807, 2.05) is 4.68 Å². The van der Waals surface area contributed by atoms with Gasteiger partial charge in [-0.1, -0.05) is 0 Å². The molecule has 0 amide bonds. The van der Waals surface area contributed by atoms with Crippen molar-refractivity contribution in [3.63, 3.8) is 0 Å². The van der Waals surface area contributed by atoms with Gasteiger partial charge in [0, 0.05) is 25.1 Å². The van der Waals surface area contributed by atoms with Crippen LogP contribution in [0.4, 0.5) is 0 Å². The molecule has 2 aromatic rings. The van der Waals surface area contributed by atoms with Gasteiger partial charge in [0.2, 0.25) is 0 Å². The predicted octanol–water partition coefficient (Wildman–Crippen LogP) is 1.71. The van der Waals surface area contributed by atoms with Gasteiger partial charge in [-0.05, 0) is 37.0 Å². The molecule has 0 aliphatic carbocycles. The van der Waals surface area contributed by atoms with Crippen LogP contribution >= 0.6 is 0 Å². The van der Waals surface area contributed by atoms with Crippen molar-refractivity contribution < 1.29 is 17.7 Å². The molecule has 2 heterocycles. The summed E-state index contributed by atoms with van der Waals surface area (Å²) in [5.41, 5.74) is 0.879. The molecule has 108 valence electrons. The van der Waals surface area contributed by atoms with Gasteiger partial charge in [0.05, 0.1) is 16.6 Å². The Kier molecular flexibility index (Phi) is 3.49. The van der Waals surface area contributed by atoms with Crippen LogP contribution in [0.5, 0.6) is 0 Å². The van der Waals surface area contributed by atoms with Gasteiger partial charge in [-0.3, -0.25) is 9.23 Å². The monoisotopic (exact) mass is 296 g/mol. The molecule has 0 saturated carbocycles. The quantitative estimate of drug-likeness (QED) is 0.872. The van der Waals surface area contributed by atoms with Crippen molar-refractivity contribution >= 4 is 21.0 Å². The summed E-state index contributed by atoms with van der Waals surface area (Å²) in [6.45, 7) is 2.38. The molecule has 0 atom stereocenters. The predicted molar refractivity (Wildman–Crippen MR) is 73.1 cm³/mol. The van der Waals surface area contributed by atoms with Crippen LogP contribution < -0.4 is 0 Å². The van der Waals surface area contributed by atoms with Gasteiger partial charge in [-0.2, -0.15) is 13.5 Å². The lowest BCUT2D eigenvalue weighted by molar-refractivity contribution is 0.0605. The molecular weight excluding hydrogens is 280 g/mol. The molecule has 1 aliphatic rings. The number of nitrogens with zero attached hydrogens (tertiary/aromatic N) is 2. The minimum atomic E-state index is -4.17. The normalized spacial score (nSPS) is 17.6. The van der Waals surface area contributed by atoms with Crippen molar-refractivity contribution in [2.45, 2.75) is 24.3 Å². The van der Waals surface area contributed by atoms with Gasteiger partial charge in [0.25, 0.3) is 10.1 Å². The lowest BCUT2D eigenvalue weighted by atomic mass is 10.0. The number of fused-ring (bicyclic) bond motifs is 1. The van der Waals surface area contributed by atoms with Crippen LogP contribution in [-0.2, 0) is 21.4 Å². The molecule has 1 fully saturated rings. The molecule has 0 spiro atoms. The van der Waals surface area contributed by atoms with E-state index in [-0.39, 0.29) is 4.90 Å². The van der Waals surface area contributed by atoms with E-state index in [1.54, 1.807) is 12.3 Å². The molecule has 1 saturated heterocycles. The van der Waals surface area contributed by atoms with Crippen LogP contribution in [0.1, 0.15) is 12.8 Å². The maximum atomic E-state index is 11.1. The SMILES string of the molecule is O=S(=O)(O)c1ccc2c(cnn2CC2CCOCC2)c1. The van der Waals surface area contributed by atoms with Crippen molar-refractivity contribution in [3.8, 4) is 0 Å². The van der Waals surface area contributed by atoms with E-state index >= 15 is 0 Å². The number of ether oxygens (including phenoxy) is 1. The Morgan fingerprint density at radius 1 is 1.35 bits per heavy atom. The van der Waals surface area contributed by atoms with Gasteiger partial charge in [-0.25, -0.2) is 0 Å². The Bertz CT molecular complexity index is 717. The lowest BCUT2D eigenvalue weighted by Gasteiger charge is -2.22. The van der Waals surface area contributed by atoms with E-state index in [1.165, 1.54) is 12.1 Å². The fourth-order valence-electron chi connectivity index (χ4n) is 2.54. The van der Waals surface area contributed by atoms with Gasteiger partial charge in [0.1, 0.15) is 0 Å². The standard InChI is InChI=1S/C13H16N2O4S/c16-20(17,18)12-1-2-13-11(7-12)8-14-15(13)9-10-3-5-19-6-4-10/h1-2,7-8,10H,3-6,9H2,(H,16,17,18). The summed E-state index contributed by atoms with van der Waals surface area (Å²) < 4.78 is 38.5. The van der Waals surface area contributed by atoms with Crippen molar-refractivity contribution in [2.24, 2.45) is 5.92 Å². The summed E-state index contributed by atoms with van der Waals surface area (Å²) in [6.07, 6.45) is 3.66. The fraction of sp³-hybridized carbons (Fsp3) is 0.462. The summed E-state index contributed by atoms with van der Waals surface area (Å²) in [6, 6.07) is 4.53. The van der Waals surface area contributed by atoms with Crippen LogP contribution in [0.2, 0.25) is 0 Å². The van der Waals surface area contributed by atoms with E-state index in [9.17, 15) is 8.42 Å². The molecule has 1 aromatic heterocycles. The second kappa shape index (κ2) is 5.16. The number of hydrogen-bond donors (Lipinski definition) is 1. The van der Waals surface area contributed by atoms with E-state index in [2.05, 4.69) is 5.10 Å². The number of rotatable bonds is 3. The van der Waals surface area contributed by atoms with Gasteiger partial charge in [-0.15, -0.1) is 0 Å². The third-order valence-corrected chi connectivity index (χ3v) is 4.53. The topological polar surface area (TPSA) is 81.4 Å². The fourth-order valence-corrected chi connectivity index (χ4v) is 3.06. The Morgan fingerprint density at radius 2 is 2.10 bits per heavy atom. The summed E-state index contributed by atoms with van der Waals surface area (Å²) >= 11 is 0. The maximum Gasteiger partial charge on any atom is 0.294 e. The third-order valence-electron chi connectivity index (χ3n) is 3.68. The van der Waals surface area contributed by atoms with Crippen molar-refractivity contribution in [2.75, 3.05) is 13.2 Å². The highest BCUT2D eigenvalue weighted by atomic mass is 32.2. The second-order valence-electron chi connectivity index (χ2n) is 5.08.